The Balaban J connectivity index is 2.04. The minimum atomic E-state index is 1.05. The normalized spacial score (nSPS) is 13.9. The van der Waals surface area contributed by atoms with E-state index in [9.17, 15) is 0 Å². The molecule has 1 aliphatic carbocycles. The van der Waals surface area contributed by atoms with Crippen LogP contribution >= 0.6 is 0 Å². The van der Waals surface area contributed by atoms with Crippen LogP contribution in [0.2, 0.25) is 0 Å². The first-order valence-electron chi connectivity index (χ1n) is 4.85. The van der Waals surface area contributed by atoms with Gasteiger partial charge >= 0.3 is 0 Å². The lowest BCUT2D eigenvalue weighted by Crippen LogP contribution is -1.92. The second-order valence-corrected chi connectivity index (χ2v) is 3.60. The van der Waals surface area contributed by atoms with Gasteiger partial charge in [0.05, 0.1) is 0 Å². The topological polar surface area (TPSA) is 4.93 Å². The molecule has 0 fully saturated rings. The lowest BCUT2D eigenvalue weighted by atomic mass is 10.1. The fourth-order valence-corrected chi connectivity index (χ4v) is 1.95. The van der Waals surface area contributed by atoms with E-state index in [2.05, 4.69) is 59.4 Å². The maximum atomic E-state index is 2.26. The molecule has 0 radical (unpaired) electrons. The van der Waals surface area contributed by atoms with Gasteiger partial charge in [0.15, 0.2) is 0 Å². The zero-order valence-corrected chi connectivity index (χ0v) is 7.85. The van der Waals surface area contributed by atoms with Crippen LogP contribution in [0.5, 0.6) is 0 Å². The van der Waals surface area contributed by atoms with Crippen LogP contribution in [0, 0.1) is 0 Å². The Morgan fingerprint density at radius 2 is 1.71 bits per heavy atom. The zero-order chi connectivity index (χ0) is 9.38. The lowest BCUT2D eigenvalue weighted by Gasteiger charge is -2.02. The van der Waals surface area contributed by atoms with E-state index in [0.717, 1.165) is 6.42 Å². The molecule has 1 aromatic carbocycles. The fraction of sp³-hybridized carbons (Fsp3) is 0.0769. The van der Waals surface area contributed by atoms with E-state index < -0.39 is 0 Å². The van der Waals surface area contributed by atoms with Crippen LogP contribution in [0.3, 0.4) is 0 Å². The van der Waals surface area contributed by atoms with Gasteiger partial charge in [0.2, 0.25) is 0 Å². The molecule has 3 rings (SSSR count). The van der Waals surface area contributed by atoms with Gasteiger partial charge in [-0.1, -0.05) is 24.3 Å². The third-order valence-corrected chi connectivity index (χ3v) is 2.68. The van der Waals surface area contributed by atoms with Gasteiger partial charge < -0.3 is 4.57 Å². The van der Waals surface area contributed by atoms with E-state index in [1.54, 1.807) is 0 Å². The molecule has 0 aliphatic heterocycles. The highest BCUT2D eigenvalue weighted by Gasteiger charge is 2.11. The molecule has 0 amide bonds. The molecule has 0 bridgehead atoms. The monoisotopic (exact) mass is 181 g/mol. The zero-order valence-electron chi connectivity index (χ0n) is 7.85. The number of aromatic nitrogens is 1. The van der Waals surface area contributed by atoms with Crippen molar-refractivity contribution in [2.24, 2.45) is 0 Å². The second-order valence-electron chi connectivity index (χ2n) is 3.60. The SMILES string of the molecule is C1=C(n2cccc2)Cc2ccccc21. The Morgan fingerprint density at radius 3 is 2.50 bits per heavy atom. The van der Waals surface area contributed by atoms with Gasteiger partial charge in [0.25, 0.3) is 0 Å². The molecule has 1 heteroatoms. The number of benzene rings is 1. The molecule has 0 atom stereocenters. The molecule has 1 aromatic heterocycles. The Kier molecular flexibility index (Phi) is 1.57. The molecule has 0 saturated heterocycles. The number of hydrogen-bond donors (Lipinski definition) is 0. The average Bonchev–Trinajstić information content (AvgIpc) is 2.86. The summed E-state index contributed by atoms with van der Waals surface area (Å²) in [5, 5.41) is 0. The Labute approximate surface area is 83.3 Å². The minimum Gasteiger partial charge on any atom is -0.327 e. The lowest BCUT2D eigenvalue weighted by molar-refractivity contribution is 1.06. The van der Waals surface area contributed by atoms with Crippen LogP contribution in [0.15, 0.2) is 48.8 Å². The van der Waals surface area contributed by atoms with Gasteiger partial charge in [-0.05, 0) is 29.3 Å². The van der Waals surface area contributed by atoms with Crippen molar-refractivity contribution in [1.82, 2.24) is 4.57 Å². The van der Waals surface area contributed by atoms with Crippen LogP contribution in [-0.4, -0.2) is 4.57 Å². The number of rotatable bonds is 1. The maximum absolute atomic E-state index is 2.26. The first-order chi connectivity index (χ1) is 6.93. The highest BCUT2D eigenvalue weighted by atomic mass is 15.0. The quantitative estimate of drug-likeness (QED) is 0.637. The number of allylic oxidation sites excluding steroid dienone is 1. The number of nitrogens with zero attached hydrogens (tertiary/aromatic N) is 1. The summed E-state index contributed by atoms with van der Waals surface area (Å²) in [5.74, 6) is 0. The van der Waals surface area contributed by atoms with Gasteiger partial charge in [0.1, 0.15) is 0 Å². The molecule has 0 unspecified atom stereocenters. The molecule has 1 nitrogen and oxygen atoms in total. The van der Waals surface area contributed by atoms with Crippen molar-refractivity contribution in [2.45, 2.75) is 6.42 Å². The van der Waals surface area contributed by atoms with Gasteiger partial charge in [-0.25, -0.2) is 0 Å². The highest BCUT2D eigenvalue weighted by molar-refractivity contribution is 5.79. The van der Waals surface area contributed by atoms with Crippen molar-refractivity contribution in [3.05, 3.63) is 59.9 Å². The van der Waals surface area contributed by atoms with E-state index in [0.29, 0.717) is 0 Å². The van der Waals surface area contributed by atoms with Gasteiger partial charge in [-0.3, -0.25) is 0 Å². The standard InChI is InChI=1S/C13H11N/c1-2-6-12-10-13(9-11(12)5-1)14-7-3-4-8-14/h1-9H,10H2. The predicted octanol–water partition coefficient (Wildman–Crippen LogP) is 3.04. The highest BCUT2D eigenvalue weighted by Crippen LogP contribution is 2.27. The van der Waals surface area contributed by atoms with E-state index in [4.69, 9.17) is 0 Å². The number of fused-ring (bicyclic) bond motifs is 1. The summed E-state index contributed by atoms with van der Waals surface area (Å²) in [6.45, 7) is 0. The average molecular weight is 181 g/mol. The van der Waals surface area contributed by atoms with E-state index >= 15 is 0 Å². The fourth-order valence-electron chi connectivity index (χ4n) is 1.95. The molecule has 2 aromatic rings. The van der Waals surface area contributed by atoms with Gasteiger partial charge in [-0.15, -0.1) is 0 Å². The Hall–Kier alpha value is -1.76. The minimum absolute atomic E-state index is 1.05. The van der Waals surface area contributed by atoms with Crippen molar-refractivity contribution in [3.8, 4) is 0 Å². The van der Waals surface area contributed by atoms with Crippen molar-refractivity contribution in [3.63, 3.8) is 0 Å². The summed E-state index contributed by atoms with van der Waals surface area (Å²) >= 11 is 0. The van der Waals surface area contributed by atoms with Gasteiger partial charge in [-0.2, -0.15) is 0 Å². The molecule has 1 heterocycles. The van der Waals surface area contributed by atoms with E-state index in [1.165, 1.54) is 16.8 Å². The molecule has 0 saturated carbocycles. The van der Waals surface area contributed by atoms with Crippen molar-refractivity contribution >= 4 is 11.8 Å². The predicted molar refractivity (Wildman–Crippen MR) is 58.7 cm³/mol. The van der Waals surface area contributed by atoms with Crippen LogP contribution < -0.4 is 0 Å². The molecular formula is C13H11N. The first kappa shape index (κ1) is 7.63. The van der Waals surface area contributed by atoms with Crippen molar-refractivity contribution in [2.75, 3.05) is 0 Å². The smallest absolute Gasteiger partial charge is 0.0270 e. The summed E-state index contributed by atoms with van der Waals surface area (Å²) in [4.78, 5) is 0. The van der Waals surface area contributed by atoms with Crippen molar-refractivity contribution < 1.29 is 0 Å². The summed E-state index contributed by atoms with van der Waals surface area (Å²) in [6.07, 6.45) is 7.50. The van der Waals surface area contributed by atoms with Crippen LogP contribution in [0.1, 0.15) is 11.1 Å². The summed E-state index contributed by atoms with van der Waals surface area (Å²) in [7, 11) is 0. The second kappa shape index (κ2) is 2.88. The summed E-state index contributed by atoms with van der Waals surface area (Å²) < 4.78 is 2.18. The molecule has 14 heavy (non-hydrogen) atoms. The van der Waals surface area contributed by atoms with Crippen LogP contribution in [-0.2, 0) is 6.42 Å². The van der Waals surface area contributed by atoms with Gasteiger partial charge in [0, 0.05) is 24.5 Å². The van der Waals surface area contributed by atoms with E-state index in [-0.39, 0.29) is 0 Å². The molecule has 0 N–H and O–H groups in total. The van der Waals surface area contributed by atoms with Crippen molar-refractivity contribution in [1.29, 1.82) is 0 Å². The van der Waals surface area contributed by atoms with Crippen LogP contribution in [0.25, 0.3) is 11.8 Å². The Morgan fingerprint density at radius 1 is 0.929 bits per heavy atom. The molecule has 1 aliphatic rings. The third kappa shape index (κ3) is 1.10. The molecule has 0 spiro atoms. The summed E-state index contributed by atoms with van der Waals surface area (Å²) in [5.41, 5.74) is 4.14. The molecule has 68 valence electrons. The van der Waals surface area contributed by atoms with Crippen LogP contribution in [0.4, 0.5) is 0 Å². The Bertz CT molecular complexity index is 478. The third-order valence-electron chi connectivity index (χ3n) is 2.68. The van der Waals surface area contributed by atoms with E-state index in [1.807, 2.05) is 0 Å². The first-order valence-corrected chi connectivity index (χ1v) is 4.85. The summed E-state index contributed by atoms with van der Waals surface area (Å²) in [6, 6.07) is 12.7. The maximum Gasteiger partial charge on any atom is 0.0270 e. The molecular weight excluding hydrogens is 170 g/mol. The largest absolute Gasteiger partial charge is 0.327 e. The number of hydrogen-bond acceptors (Lipinski definition) is 0.